The van der Waals surface area contributed by atoms with Gasteiger partial charge in [-0.05, 0) is 12.1 Å². The fourth-order valence-corrected chi connectivity index (χ4v) is 2.10. The highest BCUT2D eigenvalue weighted by Gasteiger charge is 2.21. The van der Waals surface area contributed by atoms with Crippen LogP contribution in [-0.4, -0.2) is 35.4 Å². The average molecular weight is 292 g/mol. The number of hydrogen-bond donors (Lipinski definition) is 0. The fraction of sp³-hybridized carbons (Fsp3) is 0.400. The van der Waals surface area contributed by atoms with Crippen LogP contribution in [0.1, 0.15) is 15.9 Å². The predicted molar refractivity (Wildman–Crippen MR) is 81.1 cm³/mol. The van der Waals surface area contributed by atoms with Crippen LogP contribution in [0.3, 0.4) is 0 Å². The van der Waals surface area contributed by atoms with E-state index >= 15 is 0 Å². The molecular formula is C15H20O4Si. The Morgan fingerprint density at radius 3 is 2.20 bits per heavy atom. The molecule has 0 bridgehead atoms. The summed E-state index contributed by atoms with van der Waals surface area (Å²) in [5.74, 6) is 3.41. The Hall–Kier alpha value is -1.93. The summed E-state index contributed by atoms with van der Waals surface area (Å²) in [6, 6.07) is 3.49. The van der Waals surface area contributed by atoms with Crippen molar-refractivity contribution in [3.8, 4) is 23.0 Å². The van der Waals surface area contributed by atoms with E-state index in [-0.39, 0.29) is 0 Å². The van der Waals surface area contributed by atoms with E-state index in [1.54, 1.807) is 12.1 Å². The summed E-state index contributed by atoms with van der Waals surface area (Å²) < 4.78 is 15.3. The Balaban J connectivity index is 3.51. The summed E-state index contributed by atoms with van der Waals surface area (Å²) in [5.41, 5.74) is 4.13. The van der Waals surface area contributed by atoms with Gasteiger partial charge in [0, 0.05) is 5.56 Å². The minimum Gasteiger partial charge on any atom is -0.493 e. The highest BCUT2D eigenvalue weighted by Crippen LogP contribution is 2.33. The smallest absolute Gasteiger partial charge is 0.343 e. The second-order valence-corrected chi connectivity index (χ2v) is 9.97. The first-order valence-electron chi connectivity index (χ1n) is 6.20. The largest absolute Gasteiger partial charge is 0.493 e. The molecule has 0 unspecified atom stereocenters. The Morgan fingerprint density at radius 2 is 1.75 bits per heavy atom. The number of ether oxygens (including phenoxy) is 3. The van der Waals surface area contributed by atoms with Crippen molar-refractivity contribution in [1.29, 1.82) is 0 Å². The van der Waals surface area contributed by atoms with Crippen molar-refractivity contribution >= 4 is 14.0 Å². The molecule has 0 amide bonds. The summed E-state index contributed by atoms with van der Waals surface area (Å²) in [7, 11) is 2.79. The number of hydrogen-bond acceptors (Lipinski definition) is 4. The molecule has 20 heavy (non-hydrogen) atoms. The Labute approximate surface area is 121 Å². The summed E-state index contributed by atoms with van der Waals surface area (Å²) in [6.45, 7) is 6.41. The molecule has 4 nitrogen and oxygen atoms in total. The van der Waals surface area contributed by atoms with E-state index in [1.165, 1.54) is 21.3 Å². The summed E-state index contributed by atoms with van der Waals surface area (Å²) in [4.78, 5) is 12.0. The second-order valence-electron chi connectivity index (χ2n) is 5.22. The minimum atomic E-state index is -1.54. The van der Waals surface area contributed by atoms with Gasteiger partial charge in [-0.3, -0.25) is 0 Å². The van der Waals surface area contributed by atoms with Gasteiger partial charge in [0.2, 0.25) is 0 Å². The van der Waals surface area contributed by atoms with Gasteiger partial charge in [0.05, 0.1) is 21.3 Å². The van der Waals surface area contributed by atoms with Gasteiger partial charge in [0.15, 0.2) is 11.5 Å². The van der Waals surface area contributed by atoms with Gasteiger partial charge in [0.25, 0.3) is 0 Å². The maximum Gasteiger partial charge on any atom is 0.343 e. The molecule has 0 aliphatic carbocycles. The molecular weight excluding hydrogens is 272 g/mol. The van der Waals surface area contributed by atoms with Gasteiger partial charge in [-0.1, -0.05) is 25.6 Å². The number of carbonyl (C=O) groups is 1. The van der Waals surface area contributed by atoms with Gasteiger partial charge >= 0.3 is 5.97 Å². The first-order valence-corrected chi connectivity index (χ1v) is 9.70. The maximum absolute atomic E-state index is 12.0. The van der Waals surface area contributed by atoms with Crippen molar-refractivity contribution in [3.05, 3.63) is 23.3 Å². The second kappa shape index (κ2) is 6.48. The van der Waals surface area contributed by atoms with Gasteiger partial charge in [-0.25, -0.2) is 4.79 Å². The molecule has 0 aliphatic rings. The molecule has 0 saturated carbocycles. The Kier molecular flexibility index (Phi) is 5.23. The van der Waals surface area contributed by atoms with Crippen LogP contribution in [0.2, 0.25) is 19.6 Å². The average Bonchev–Trinajstić information content (AvgIpc) is 2.42. The Morgan fingerprint density at radius 1 is 1.10 bits per heavy atom. The van der Waals surface area contributed by atoms with Crippen LogP contribution in [0.4, 0.5) is 0 Å². The zero-order valence-electron chi connectivity index (χ0n) is 12.8. The number of rotatable bonds is 3. The normalized spacial score (nSPS) is 10.3. The molecule has 0 aliphatic heterocycles. The third kappa shape index (κ3) is 3.78. The monoisotopic (exact) mass is 292 g/mol. The van der Waals surface area contributed by atoms with Gasteiger partial charge in [-0.15, -0.1) is 5.54 Å². The molecule has 0 spiro atoms. The molecule has 0 aromatic heterocycles. The fourth-order valence-electron chi connectivity index (χ4n) is 1.59. The van der Waals surface area contributed by atoms with Gasteiger partial charge in [0.1, 0.15) is 13.6 Å². The summed E-state index contributed by atoms with van der Waals surface area (Å²) >= 11 is 0. The zero-order valence-corrected chi connectivity index (χ0v) is 13.8. The van der Waals surface area contributed by atoms with E-state index in [2.05, 4.69) is 31.1 Å². The number of benzene rings is 1. The zero-order chi connectivity index (χ0) is 15.3. The van der Waals surface area contributed by atoms with Crippen LogP contribution in [0, 0.1) is 11.5 Å². The van der Waals surface area contributed by atoms with Crippen LogP contribution in [0.15, 0.2) is 12.1 Å². The van der Waals surface area contributed by atoms with Crippen LogP contribution >= 0.6 is 0 Å². The lowest BCUT2D eigenvalue weighted by Gasteiger charge is -2.13. The third-order valence-corrected chi connectivity index (χ3v) is 3.38. The lowest BCUT2D eigenvalue weighted by atomic mass is 10.1. The molecule has 1 aromatic rings. The quantitative estimate of drug-likeness (QED) is 0.488. The van der Waals surface area contributed by atoms with Crippen molar-refractivity contribution < 1.29 is 19.0 Å². The van der Waals surface area contributed by atoms with Crippen molar-refractivity contribution in [2.75, 3.05) is 21.3 Å². The SMILES string of the molecule is COC(=O)c1c(C#C[Si](C)(C)C)ccc(OC)c1OC. The van der Waals surface area contributed by atoms with Gasteiger partial charge in [-0.2, -0.15) is 0 Å². The van der Waals surface area contributed by atoms with E-state index < -0.39 is 14.0 Å². The first-order chi connectivity index (χ1) is 9.34. The minimum absolute atomic E-state index is 0.306. The molecule has 108 valence electrons. The highest BCUT2D eigenvalue weighted by molar-refractivity contribution is 6.83. The van der Waals surface area contributed by atoms with E-state index in [4.69, 9.17) is 14.2 Å². The number of carbonyl (C=O) groups excluding carboxylic acids is 1. The lowest BCUT2D eigenvalue weighted by molar-refractivity contribution is 0.0596. The van der Waals surface area contributed by atoms with Crippen LogP contribution in [-0.2, 0) is 4.74 Å². The van der Waals surface area contributed by atoms with Crippen LogP contribution in [0.25, 0.3) is 0 Å². The van der Waals surface area contributed by atoms with Crippen LogP contribution in [0.5, 0.6) is 11.5 Å². The number of methoxy groups -OCH3 is 3. The Bertz CT molecular complexity index is 562. The maximum atomic E-state index is 12.0. The summed E-state index contributed by atoms with van der Waals surface area (Å²) in [6.07, 6.45) is 0. The van der Waals surface area contributed by atoms with E-state index in [9.17, 15) is 4.79 Å². The molecule has 0 saturated heterocycles. The van der Waals surface area contributed by atoms with E-state index in [1.807, 2.05) is 0 Å². The summed E-state index contributed by atoms with van der Waals surface area (Å²) in [5, 5.41) is 0. The predicted octanol–water partition coefficient (Wildman–Crippen LogP) is 2.72. The molecule has 0 atom stereocenters. The molecule has 0 N–H and O–H groups in total. The van der Waals surface area contributed by atoms with Gasteiger partial charge < -0.3 is 14.2 Å². The lowest BCUT2D eigenvalue weighted by Crippen LogP contribution is -2.16. The molecule has 5 heteroatoms. The van der Waals surface area contributed by atoms with Crippen molar-refractivity contribution in [2.45, 2.75) is 19.6 Å². The van der Waals surface area contributed by atoms with Crippen LogP contribution < -0.4 is 9.47 Å². The topological polar surface area (TPSA) is 44.8 Å². The molecule has 0 fully saturated rings. The standard InChI is InChI=1S/C15H20O4Si/c1-17-12-8-7-11(9-10-20(4,5)6)13(14(12)18-2)15(16)19-3/h7-8H,1-6H3. The van der Waals surface area contributed by atoms with E-state index in [0.29, 0.717) is 22.6 Å². The number of esters is 1. The van der Waals surface area contributed by atoms with Crippen molar-refractivity contribution in [2.24, 2.45) is 0 Å². The molecule has 0 heterocycles. The van der Waals surface area contributed by atoms with E-state index in [0.717, 1.165) is 0 Å². The molecule has 1 aromatic carbocycles. The van der Waals surface area contributed by atoms with Crippen molar-refractivity contribution in [1.82, 2.24) is 0 Å². The van der Waals surface area contributed by atoms with Crippen molar-refractivity contribution in [3.63, 3.8) is 0 Å². The third-order valence-electron chi connectivity index (χ3n) is 2.51. The molecule has 1 rings (SSSR count). The highest BCUT2D eigenvalue weighted by atomic mass is 28.3. The molecule has 0 radical (unpaired) electrons. The first kappa shape index (κ1) is 16.1.